The summed E-state index contributed by atoms with van der Waals surface area (Å²) in [5, 5.41) is 28.3. The summed E-state index contributed by atoms with van der Waals surface area (Å²) in [6.45, 7) is 8.77. The number of rotatable bonds is 3. The molecule has 2 saturated heterocycles. The summed E-state index contributed by atoms with van der Waals surface area (Å²) in [5.74, 6) is 0.910. The van der Waals surface area contributed by atoms with E-state index in [2.05, 4.69) is 54.1 Å². The van der Waals surface area contributed by atoms with Crippen LogP contribution in [0.15, 0.2) is 49.2 Å². The van der Waals surface area contributed by atoms with Crippen LogP contribution < -0.4 is 4.90 Å². The van der Waals surface area contributed by atoms with Crippen molar-refractivity contribution in [3.63, 3.8) is 0 Å². The van der Waals surface area contributed by atoms with E-state index < -0.39 is 6.09 Å². The quantitative estimate of drug-likeness (QED) is 0.388. The van der Waals surface area contributed by atoms with E-state index in [1.54, 1.807) is 20.3 Å². The van der Waals surface area contributed by atoms with Gasteiger partial charge in [0.25, 0.3) is 0 Å². The van der Waals surface area contributed by atoms with E-state index in [0.717, 1.165) is 65.9 Å². The second-order valence-electron chi connectivity index (χ2n) is 12.3. The molecule has 1 atom stereocenters. The third-order valence-electron chi connectivity index (χ3n) is 8.72. The largest absolute Gasteiger partial charge is 0.465 e. The molecule has 2 fully saturated rings. The molecule has 0 bridgehead atoms. The van der Waals surface area contributed by atoms with Gasteiger partial charge in [0.05, 0.1) is 23.5 Å². The van der Waals surface area contributed by atoms with Crippen LogP contribution in [0.25, 0.3) is 27.8 Å². The minimum Gasteiger partial charge on any atom is -0.465 e. The maximum Gasteiger partial charge on any atom is 0.407 e. The molecule has 2 aliphatic heterocycles. The highest BCUT2D eigenvalue weighted by molar-refractivity contribution is 5.87. The zero-order chi connectivity index (χ0) is 28.2. The predicted octanol–water partition coefficient (Wildman–Crippen LogP) is 5.05. The third-order valence-corrected chi connectivity index (χ3v) is 8.72. The number of likely N-dealkylation sites (tertiary alicyclic amines) is 1. The Kier molecular flexibility index (Phi) is 6.06. The summed E-state index contributed by atoms with van der Waals surface area (Å²) in [5.41, 5.74) is 4.86. The van der Waals surface area contributed by atoms with Crippen LogP contribution in [0.1, 0.15) is 45.6 Å². The van der Waals surface area contributed by atoms with Crippen molar-refractivity contribution in [1.29, 1.82) is 5.26 Å². The summed E-state index contributed by atoms with van der Waals surface area (Å²) in [4.78, 5) is 20.8. The number of anilines is 1. The Balaban J connectivity index is 1.27. The lowest BCUT2D eigenvalue weighted by Gasteiger charge is -2.49. The average Bonchev–Trinajstić information content (AvgIpc) is 3.65. The fourth-order valence-electron chi connectivity index (χ4n) is 7.12. The lowest BCUT2D eigenvalue weighted by atomic mass is 9.64. The normalized spacial score (nSPS) is 18.9. The van der Waals surface area contributed by atoms with Gasteiger partial charge in [0, 0.05) is 73.6 Å². The van der Waals surface area contributed by atoms with Crippen LogP contribution in [0.5, 0.6) is 0 Å². The smallest absolute Gasteiger partial charge is 0.407 e. The number of carbonyl (C=O) groups is 1. The number of aryl methyl sites for hydroxylation is 1. The molecule has 10 nitrogen and oxygen atoms in total. The summed E-state index contributed by atoms with van der Waals surface area (Å²) in [6.07, 6.45) is 11.1. The van der Waals surface area contributed by atoms with Gasteiger partial charge in [0.2, 0.25) is 0 Å². The summed E-state index contributed by atoms with van der Waals surface area (Å²) >= 11 is 0. The van der Waals surface area contributed by atoms with Crippen LogP contribution in [-0.4, -0.2) is 66.2 Å². The highest BCUT2D eigenvalue weighted by atomic mass is 16.4. The van der Waals surface area contributed by atoms with Gasteiger partial charge < -0.3 is 14.9 Å². The lowest BCUT2D eigenvalue weighted by molar-refractivity contribution is 0.0388. The zero-order valence-electron chi connectivity index (χ0n) is 23.4. The van der Waals surface area contributed by atoms with E-state index in [0.29, 0.717) is 12.1 Å². The van der Waals surface area contributed by atoms with Gasteiger partial charge >= 0.3 is 6.09 Å². The molecule has 4 aromatic heterocycles. The van der Waals surface area contributed by atoms with Gasteiger partial charge in [-0.15, -0.1) is 0 Å². The molecule has 1 unspecified atom stereocenters. The molecule has 206 valence electrons. The lowest BCUT2D eigenvalue weighted by Crippen LogP contribution is -2.54. The zero-order valence-corrected chi connectivity index (χ0v) is 23.4. The van der Waals surface area contributed by atoms with Crippen molar-refractivity contribution in [2.75, 3.05) is 24.5 Å². The second kappa shape index (κ2) is 9.37. The van der Waals surface area contributed by atoms with Gasteiger partial charge in [0.1, 0.15) is 11.9 Å². The molecule has 1 amide bonds. The monoisotopic (exact) mass is 538 g/mol. The van der Waals surface area contributed by atoms with Gasteiger partial charge in [-0.3, -0.25) is 4.68 Å². The molecule has 6 heterocycles. The van der Waals surface area contributed by atoms with Crippen molar-refractivity contribution < 1.29 is 9.90 Å². The van der Waals surface area contributed by atoms with Crippen molar-refractivity contribution in [3.05, 3.63) is 54.7 Å². The van der Waals surface area contributed by atoms with Crippen molar-refractivity contribution in [2.45, 2.75) is 46.1 Å². The predicted molar refractivity (Wildman–Crippen MR) is 152 cm³/mol. The SMILES string of the molecule is Cn1cc(-c2cc(-c3ccc(N4CCC5(CC4)CCN(C(=O)O)C5C(C)(C)C)nc3)c3c(C#N)cnn3c2)cn1. The van der Waals surface area contributed by atoms with Gasteiger partial charge in [0.15, 0.2) is 0 Å². The Bertz CT molecular complexity index is 1610. The molecule has 40 heavy (non-hydrogen) atoms. The molecular weight excluding hydrogens is 504 g/mol. The topological polar surface area (TPSA) is 116 Å². The number of nitrogens with zero attached hydrogens (tertiary/aromatic N) is 8. The van der Waals surface area contributed by atoms with Crippen molar-refractivity contribution in [2.24, 2.45) is 17.9 Å². The van der Waals surface area contributed by atoms with Crippen LogP contribution in [0.4, 0.5) is 10.6 Å². The highest BCUT2D eigenvalue weighted by Crippen LogP contribution is 2.52. The minimum absolute atomic E-state index is 0.00111. The molecule has 6 rings (SSSR count). The molecule has 4 aromatic rings. The van der Waals surface area contributed by atoms with Crippen molar-refractivity contribution >= 4 is 17.4 Å². The molecule has 0 aliphatic carbocycles. The van der Waals surface area contributed by atoms with Crippen LogP contribution in [0.3, 0.4) is 0 Å². The fourth-order valence-corrected chi connectivity index (χ4v) is 7.12. The Morgan fingerprint density at radius 3 is 2.38 bits per heavy atom. The Hall–Kier alpha value is -4.39. The number of hydrogen-bond donors (Lipinski definition) is 1. The highest BCUT2D eigenvalue weighted by Gasteiger charge is 2.54. The second-order valence-corrected chi connectivity index (χ2v) is 12.3. The molecule has 2 aliphatic rings. The summed E-state index contributed by atoms with van der Waals surface area (Å²) < 4.78 is 3.51. The van der Waals surface area contributed by atoms with Gasteiger partial charge in [-0.05, 0) is 48.3 Å². The van der Waals surface area contributed by atoms with Crippen LogP contribution in [0, 0.1) is 22.2 Å². The summed E-state index contributed by atoms with van der Waals surface area (Å²) in [7, 11) is 1.88. The van der Waals surface area contributed by atoms with E-state index in [-0.39, 0.29) is 16.9 Å². The van der Waals surface area contributed by atoms with Crippen LogP contribution in [-0.2, 0) is 7.05 Å². The van der Waals surface area contributed by atoms with E-state index in [4.69, 9.17) is 4.98 Å². The van der Waals surface area contributed by atoms with E-state index in [1.807, 2.05) is 37.9 Å². The molecule has 0 aromatic carbocycles. The number of fused-ring (bicyclic) bond motifs is 1. The molecular formula is C30H34N8O2. The Labute approximate surface area is 233 Å². The molecule has 1 N–H and O–H groups in total. The first-order valence-corrected chi connectivity index (χ1v) is 13.7. The maximum atomic E-state index is 12.0. The minimum atomic E-state index is -0.809. The van der Waals surface area contributed by atoms with E-state index in [9.17, 15) is 15.2 Å². The first-order chi connectivity index (χ1) is 19.1. The summed E-state index contributed by atoms with van der Waals surface area (Å²) in [6, 6.07) is 8.44. The first kappa shape index (κ1) is 25.9. The van der Waals surface area contributed by atoms with E-state index in [1.165, 1.54) is 0 Å². The van der Waals surface area contributed by atoms with Crippen LogP contribution in [0.2, 0.25) is 0 Å². The van der Waals surface area contributed by atoms with Crippen LogP contribution >= 0.6 is 0 Å². The molecule has 0 radical (unpaired) electrons. The average molecular weight is 539 g/mol. The number of hydrogen-bond acceptors (Lipinski definition) is 6. The number of amides is 1. The van der Waals surface area contributed by atoms with E-state index >= 15 is 0 Å². The third kappa shape index (κ3) is 4.26. The maximum absolute atomic E-state index is 12.0. The molecule has 1 spiro atoms. The van der Waals surface area contributed by atoms with Gasteiger partial charge in [-0.25, -0.2) is 14.3 Å². The Morgan fingerprint density at radius 1 is 1.02 bits per heavy atom. The fraction of sp³-hybridized carbons (Fsp3) is 0.433. The molecule has 0 saturated carbocycles. The van der Waals surface area contributed by atoms with Gasteiger partial charge in [-0.1, -0.05) is 20.8 Å². The standard InChI is InChI=1S/C30H34N8O2/c1-29(2,3)27-30(9-12-37(27)28(39)40)7-10-36(11-8-30)25-6-5-20(15-32-25)24-13-21(23-17-33-35(4)18-23)19-38-26(24)22(14-31)16-34-38/h5-6,13,15-19,27H,7-12H2,1-4H3,(H,39,40). The van der Waals surface area contributed by atoms with Crippen molar-refractivity contribution in [1.82, 2.24) is 29.3 Å². The van der Waals surface area contributed by atoms with Gasteiger partial charge in [-0.2, -0.15) is 15.5 Å². The number of aromatic nitrogens is 5. The Morgan fingerprint density at radius 2 is 1.77 bits per heavy atom. The first-order valence-electron chi connectivity index (χ1n) is 13.7. The number of nitriles is 1. The number of pyridine rings is 2. The number of carboxylic acid groups (broad SMARTS) is 1. The number of piperidine rings is 1. The van der Waals surface area contributed by atoms with Crippen molar-refractivity contribution in [3.8, 4) is 28.3 Å². The molecule has 10 heteroatoms.